The van der Waals surface area contributed by atoms with Gasteiger partial charge in [-0.15, -0.1) is 0 Å². The second kappa shape index (κ2) is 5.27. The Labute approximate surface area is 106 Å². The SMILES string of the molecule is CC(O)C(=O)N(C)c1ccc2c(c1)OCCCO2. The van der Waals surface area contributed by atoms with Gasteiger partial charge in [-0.1, -0.05) is 0 Å². The number of aliphatic hydroxyl groups is 1. The molecular formula is C13H17NO4. The topological polar surface area (TPSA) is 59.0 Å². The van der Waals surface area contributed by atoms with Crippen molar-refractivity contribution < 1.29 is 19.4 Å². The number of rotatable bonds is 2. The van der Waals surface area contributed by atoms with Gasteiger partial charge < -0.3 is 19.5 Å². The van der Waals surface area contributed by atoms with Crippen molar-refractivity contribution in [1.29, 1.82) is 0 Å². The number of carbonyl (C=O) groups is 1. The van der Waals surface area contributed by atoms with Gasteiger partial charge in [0.25, 0.3) is 5.91 Å². The zero-order chi connectivity index (χ0) is 13.1. The monoisotopic (exact) mass is 251 g/mol. The van der Waals surface area contributed by atoms with Crippen LogP contribution >= 0.6 is 0 Å². The number of hydrogen-bond acceptors (Lipinski definition) is 4. The van der Waals surface area contributed by atoms with E-state index in [1.165, 1.54) is 11.8 Å². The molecule has 0 saturated heterocycles. The molecule has 1 aliphatic rings. The number of fused-ring (bicyclic) bond motifs is 1. The maximum atomic E-state index is 11.7. The van der Waals surface area contributed by atoms with Crippen LogP contribution in [-0.4, -0.2) is 37.4 Å². The summed E-state index contributed by atoms with van der Waals surface area (Å²) in [5.74, 6) is 0.967. The minimum absolute atomic E-state index is 0.357. The van der Waals surface area contributed by atoms with Crippen molar-refractivity contribution in [3.8, 4) is 11.5 Å². The van der Waals surface area contributed by atoms with Gasteiger partial charge in [-0.05, 0) is 19.1 Å². The lowest BCUT2D eigenvalue weighted by Crippen LogP contribution is -2.34. The van der Waals surface area contributed by atoms with Crippen LogP contribution in [0.5, 0.6) is 11.5 Å². The fraction of sp³-hybridized carbons (Fsp3) is 0.462. The molecule has 2 rings (SSSR count). The predicted octanol–water partition coefficient (Wildman–Crippen LogP) is 1.19. The van der Waals surface area contributed by atoms with Gasteiger partial charge in [0.1, 0.15) is 6.10 Å². The minimum Gasteiger partial charge on any atom is -0.490 e. The molecule has 1 heterocycles. The molecule has 1 amide bonds. The summed E-state index contributed by atoms with van der Waals surface area (Å²) in [7, 11) is 1.62. The molecular weight excluding hydrogens is 234 g/mol. The summed E-state index contributed by atoms with van der Waals surface area (Å²) in [5, 5.41) is 9.29. The molecule has 0 fully saturated rings. The summed E-state index contributed by atoms with van der Waals surface area (Å²) in [6, 6.07) is 5.30. The molecule has 0 saturated carbocycles. The first-order chi connectivity index (χ1) is 8.59. The van der Waals surface area contributed by atoms with Crippen molar-refractivity contribution in [1.82, 2.24) is 0 Å². The van der Waals surface area contributed by atoms with Crippen LogP contribution in [0.15, 0.2) is 18.2 Å². The average molecular weight is 251 g/mol. The Hall–Kier alpha value is -1.75. The Kier molecular flexibility index (Phi) is 3.72. The lowest BCUT2D eigenvalue weighted by molar-refractivity contribution is -0.125. The van der Waals surface area contributed by atoms with E-state index in [1.54, 1.807) is 25.2 Å². The van der Waals surface area contributed by atoms with Crippen LogP contribution in [0.2, 0.25) is 0 Å². The van der Waals surface area contributed by atoms with Crippen LogP contribution in [0.1, 0.15) is 13.3 Å². The van der Waals surface area contributed by atoms with Gasteiger partial charge in [0.15, 0.2) is 11.5 Å². The predicted molar refractivity (Wildman–Crippen MR) is 67.1 cm³/mol. The normalized spacial score (nSPS) is 15.7. The number of carbonyl (C=O) groups excluding carboxylic acids is 1. The molecule has 98 valence electrons. The smallest absolute Gasteiger partial charge is 0.255 e. The Bertz CT molecular complexity index is 445. The number of nitrogens with zero attached hydrogens (tertiary/aromatic N) is 1. The van der Waals surface area contributed by atoms with Crippen LogP contribution < -0.4 is 14.4 Å². The van der Waals surface area contributed by atoms with E-state index in [2.05, 4.69) is 0 Å². The number of anilines is 1. The highest BCUT2D eigenvalue weighted by Gasteiger charge is 2.18. The zero-order valence-corrected chi connectivity index (χ0v) is 10.5. The molecule has 0 spiro atoms. The van der Waals surface area contributed by atoms with E-state index in [1.807, 2.05) is 0 Å². The molecule has 1 unspecified atom stereocenters. The van der Waals surface area contributed by atoms with Gasteiger partial charge >= 0.3 is 0 Å². The van der Waals surface area contributed by atoms with Gasteiger partial charge in [0, 0.05) is 25.2 Å². The largest absolute Gasteiger partial charge is 0.490 e. The van der Waals surface area contributed by atoms with Crippen molar-refractivity contribution >= 4 is 11.6 Å². The Morgan fingerprint density at radius 2 is 2.00 bits per heavy atom. The molecule has 5 nitrogen and oxygen atoms in total. The summed E-state index contributed by atoms with van der Waals surface area (Å²) in [4.78, 5) is 13.1. The van der Waals surface area contributed by atoms with Crippen LogP contribution in [-0.2, 0) is 4.79 Å². The summed E-state index contributed by atoms with van der Waals surface area (Å²) in [6.07, 6.45) is -0.183. The van der Waals surface area contributed by atoms with Crippen LogP contribution in [0.3, 0.4) is 0 Å². The number of ether oxygens (including phenoxy) is 2. The summed E-state index contributed by atoms with van der Waals surface area (Å²) < 4.78 is 11.1. The van der Waals surface area contributed by atoms with Crippen LogP contribution in [0.4, 0.5) is 5.69 Å². The van der Waals surface area contributed by atoms with E-state index in [4.69, 9.17) is 9.47 Å². The lowest BCUT2D eigenvalue weighted by atomic mass is 10.2. The minimum atomic E-state index is -1.02. The van der Waals surface area contributed by atoms with Crippen LogP contribution in [0.25, 0.3) is 0 Å². The standard InChI is InChI=1S/C13H17NO4/c1-9(15)13(16)14(2)10-4-5-11-12(8-10)18-7-3-6-17-11/h4-5,8-9,15H,3,6-7H2,1-2H3. The average Bonchev–Trinajstić information content (AvgIpc) is 2.60. The molecule has 18 heavy (non-hydrogen) atoms. The maximum absolute atomic E-state index is 11.7. The van der Waals surface area contributed by atoms with Crippen LogP contribution in [0, 0.1) is 0 Å². The summed E-state index contributed by atoms with van der Waals surface area (Å²) >= 11 is 0. The summed E-state index contributed by atoms with van der Waals surface area (Å²) in [5.41, 5.74) is 0.671. The Morgan fingerprint density at radius 3 is 2.67 bits per heavy atom. The van der Waals surface area contributed by atoms with E-state index in [-0.39, 0.29) is 5.91 Å². The lowest BCUT2D eigenvalue weighted by Gasteiger charge is -2.20. The molecule has 1 aromatic carbocycles. The fourth-order valence-electron chi connectivity index (χ4n) is 1.77. The van der Waals surface area contributed by atoms with E-state index >= 15 is 0 Å². The van der Waals surface area contributed by atoms with E-state index in [0.717, 1.165) is 6.42 Å². The molecule has 0 aliphatic carbocycles. The third-order valence-corrected chi connectivity index (χ3v) is 2.81. The number of aliphatic hydroxyl groups excluding tert-OH is 1. The molecule has 1 aromatic rings. The third-order valence-electron chi connectivity index (χ3n) is 2.81. The van der Waals surface area contributed by atoms with Gasteiger partial charge in [0.2, 0.25) is 0 Å². The molecule has 1 atom stereocenters. The Balaban J connectivity index is 2.25. The Morgan fingerprint density at radius 1 is 1.33 bits per heavy atom. The molecule has 0 radical (unpaired) electrons. The second-order valence-electron chi connectivity index (χ2n) is 4.25. The van der Waals surface area contributed by atoms with E-state index < -0.39 is 6.10 Å². The number of hydrogen-bond donors (Lipinski definition) is 1. The third kappa shape index (κ3) is 2.56. The fourth-order valence-corrected chi connectivity index (χ4v) is 1.77. The first kappa shape index (κ1) is 12.7. The molecule has 0 aromatic heterocycles. The number of amides is 1. The first-order valence-corrected chi connectivity index (χ1v) is 5.95. The highest BCUT2D eigenvalue weighted by molar-refractivity contribution is 5.95. The zero-order valence-electron chi connectivity index (χ0n) is 10.5. The first-order valence-electron chi connectivity index (χ1n) is 5.95. The highest BCUT2D eigenvalue weighted by atomic mass is 16.5. The van der Waals surface area contributed by atoms with E-state index in [0.29, 0.717) is 30.4 Å². The quantitative estimate of drug-likeness (QED) is 0.857. The molecule has 1 N–H and O–H groups in total. The molecule has 1 aliphatic heterocycles. The van der Waals surface area contributed by atoms with Crippen molar-refractivity contribution in [2.45, 2.75) is 19.4 Å². The van der Waals surface area contributed by atoms with E-state index in [9.17, 15) is 9.90 Å². The summed E-state index contributed by atoms with van der Waals surface area (Å²) in [6.45, 7) is 2.68. The van der Waals surface area contributed by atoms with Gasteiger partial charge in [-0.2, -0.15) is 0 Å². The van der Waals surface area contributed by atoms with Crippen molar-refractivity contribution in [2.75, 3.05) is 25.2 Å². The maximum Gasteiger partial charge on any atom is 0.255 e. The van der Waals surface area contributed by atoms with Crippen molar-refractivity contribution in [3.63, 3.8) is 0 Å². The van der Waals surface area contributed by atoms with Crippen molar-refractivity contribution in [3.05, 3.63) is 18.2 Å². The van der Waals surface area contributed by atoms with Crippen molar-refractivity contribution in [2.24, 2.45) is 0 Å². The number of benzene rings is 1. The van der Waals surface area contributed by atoms with Gasteiger partial charge in [-0.3, -0.25) is 4.79 Å². The number of likely N-dealkylation sites (N-methyl/N-ethyl adjacent to an activating group) is 1. The second-order valence-corrected chi connectivity index (χ2v) is 4.25. The van der Waals surface area contributed by atoms with Gasteiger partial charge in [-0.25, -0.2) is 0 Å². The highest BCUT2D eigenvalue weighted by Crippen LogP contribution is 2.33. The van der Waals surface area contributed by atoms with Gasteiger partial charge in [0.05, 0.1) is 13.2 Å². The molecule has 0 bridgehead atoms. The molecule has 5 heteroatoms.